The van der Waals surface area contributed by atoms with Gasteiger partial charge in [-0.05, 0) is 58.8 Å². The molecule has 0 spiro atoms. The van der Waals surface area contributed by atoms with Crippen LogP contribution in [-0.4, -0.2) is 6.54 Å². The summed E-state index contributed by atoms with van der Waals surface area (Å²) in [7, 11) is 0. The second-order valence-corrected chi connectivity index (χ2v) is 5.07. The first kappa shape index (κ1) is 11.3. The van der Waals surface area contributed by atoms with Gasteiger partial charge in [0.05, 0.1) is 0 Å². The maximum atomic E-state index is 13.2. The lowest BCUT2D eigenvalue weighted by molar-refractivity contribution is 0.0173. The molecule has 1 N–H and O–H groups in total. The summed E-state index contributed by atoms with van der Waals surface area (Å²) in [5.74, 6) is -2.74. The average Bonchev–Trinajstić information content (AvgIpc) is 2.16. The zero-order chi connectivity index (χ0) is 11.1. The van der Waals surface area contributed by atoms with E-state index in [1.807, 2.05) is 0 Å². The molecule has 0 aliphatic carbocycles. The Morgan fingerprint density at radius 3 is 2.80 bits per heavy atom. The Balaban J connectivity index is 2.50. The number of halogens is 3. The lowest BCUT2D eigenvalue weighted by Gasteiger charge is -2.21. The Kier molecular flexibility index (Phi) is 2.98. The normalized spacial score (nSPS) is 16.3. The van der Waals surface area contributed by atoms with Crippen LogP contribution in [0.3, 0.4) is 0 Å². The molecule has 1 heterocycles. The van der Waals surface area contributed by atoms with Gasteiger partial charge in [0.25, 0.3) is 5.92 Å². The summed E-state index contributed by atoms with van der Waals surface area (Å²) in [6, 6.07) is 3.24. The highest BCUT2D eigenvalue weighted by molar-refractivity contribution is 14.1. The van der Waals surface area contributed by atoms with Gasteiger partial charge in [-0.1, -0.05) is 0 Å². The summed E-state index contributed by atoms with van der Waals surface area (Å²) in [4.78, 5) is 0. The van der Waals surface area contributed by atoms with Gasteiger partial charge in [0.2, 0.25) is 0 Å². The van der Waals surface area contributed by atoms with Crippen molar-refractivity contribution in [3.8, 4) is 0 Å². The minimum Gasteiger partial charge on any atom is -0.312 e. The molecule has 1 aliphatic rings. The van der Waals surface area contributed by atoms with Crippen LogP contribution in [0.2, 0.25) is 0 Å². The van der Waals surface area contributed by atoms with E-state index >= 15 is 0 Å². The number of fused-ring (bicyclic) bond motifs is 1. The van der Waals surface area contributed by atoms with Crippen molar-refractivity contribution in [1.29, 1.82) is 0 Å². The van der Waals surface area contributed by atoms with Crippen LogP contribution in [-0.2, 0) is 18.9 Å². The van der Waals surface area contributed by atoms with E-state index in [1.165, 1.54) is 5.56 Å². The number of rotatable bonds is 1. The van der Waals surface area contributed by atoms with Crippen molar-refractivity contribution in [3.05, 3.63) is 32.4 Å². The highest BCUT2D eigenvalue weighted by Crippen LogP contribution is 2.32. The molecule has 0 fully saturated rings. The van der Waals surface area contributed by atoms with Gasteiger partial charge in [0, 0.05) is 22.6 Å². The smallest absolute Gasteiger partial charge is 0.270 e. The predicted molar refractivity (Wildman–Crippen MR) is 64.1 cm³/mol. The summed E-state index contributed by atoms with van der Waals surface area (Å²) in [5, 5.41) is 3.25. The lowest BCUT2D eigenvalue weighted by Crippen LogP contribution is -2.25. The van der Waals surface area contributed by atoms with Crippen molar-refractivity contribution in [2.45, 2.75) is 25.8 Å². The zero-order valence-corrected chi connectivity index (χ0v) is 10.6. The maximum Gasteiger partial charge on any atom is 0.270 e. The molecule has 15 heavy (non-hydrogen) atoms. The third kappa shape index (κ3) is 2.30. The van der Waals surface area contributed by atoms with Crippen molar-refractivity contribution in [3.63, 3.8) is 0 Å². The van der Waals surface area contributed by atoms with Gasteiger partial charge in [-0.2, -0.15) is 0 Å². The molecule has 0 atom stereocenters. The molecule has 0 aromatic heterocycles. The van der Waals surface area contributed by atoms with Gasteiger partial charge < -0.3 is 5.32 Å². The van der Waals surface area contributed by atoms with Gasteiger partial charge in [-0.25, -0.2) is 8.78 Å². The molecule has 0 saturated carbocycles. The third-order valence-corrected chi connectivity index (χ3v) is 3.63. The lowest BCUT2D eigenvalue weighted by atomic mass is 9.96. The van der Waals surface area contributed by atoms with Gasteiger partial charge in [0.15, 0.2) is 0 Å². The molecule has 1 nitrogen and oxygen atoms in total. The monoisotopic (exact) mass is 323 g/mol. The molecule has 0 saturated heterocycles. The van der Waals surface area contributed by atoms with Crippen LogP contribution in [0.5, 0.6) is 0 Å². The summed E-state index contributed by atoms with van der Waals surface area (Å²) >= 11 is 2.14. The van der Waals surface area contributed by atoms with Crippen LogP contribution in [0.4, 0.5) is 8.78 Å². The molecule has 82 valence electrons. The molecular formula is C11H12F2IN. The third-order valence-electron chi connectivity index (χ3n) is 2.67. The fraction of sp³-hybridized carbons (Fsp3) is 0.455. The number of hydrogen-bond acceptors (Lipinski definition) is 1. The van der Waals surface area contributed by atoms with Gasteiger partial charge >= 0.3 is 0 Å². The van der Waals surface area contributed by atoms with Crippen molar-refractivity contribution < 1.29 is 8.78 Å². The quantitative estimate of drug-likeness (QED) is 0.784. The van der Waals surface area contributed by atoms with Crippen LogP contribution in [0, 0.1) is 3.57 Å². The maximum absolute atomic E-state index is 13.2. The molecule has 0 amide bonds. The Bertz CT molecular complexity index is 385. The van der Waals surface area contributed by atoms with Crippen LogP contribution in [0.15, 0.2) is 12.1 Å². The second kappa shape index (κ2) is 3.97. The fourth-order valence-electron chi connectivity index (χ4n) is 1.80. The van der Waals surface area contributed by atoms with E-state index < -0.39 is 5.92 Å². The van der Waals surface area contributed by atoms with E-state index in [0.29, 0.717) is 0 Å². The molecule has 1 aromatic carbocycles. The summed E-state index contributed by atoms with van der Waals surface area (Å²) < 4.78 is 27.3. The fourth-order valence-corrected chi connectivity index (χ4v) is 2.68. The first-order chi connectivity index (χ1) is 6.98. The Morgan fingerprint density at radius 1 is 1.40 bits per heavy atom. The molecule has 2 rings (SSSR count). The summed E-state index contributed by atoms with van der Waals surface area (Å²) in [6.45, 7) is 2.62. The van der Waals surface area contributed by atoms with Crippen molar-refractivity contribution in [2.24, 2.45) is 0 Å². The highest BCUT2D eigenvalue weighted by atomic mass is 127. The molecule has 1 aliphatic heterocycles. The standard InChI is InChI=1S/C11H12F2IN/c1-11(12,13)8-4-7-2-3-15-6-9(7)10(14)5-8/h4-5,15H,2-3,6H2,1H3. The molecular weight excluding hydrogens is 311 g/mol. The topological polar surface area (TPSA) is 12.0 Å². The van der Waals surface area contributed by atoms with E-state index in [1.54, 1.807) is 12.1 Å². The number of hydrogen-bond donors (Lipinski definition) is 1. The van der Waals surface area contributed by atoms with E-state index in [2.05, 4.69) is 27.9 Å². The SMILES string of the molecule is CC(F)(F)c1cc(I)c2c(c1)CCNC2. The van der Waals surface area contributed by atoms with Gasteiger partial charge in [0.1, 0.15) is 0 Å². The summed E-state index contributed by atoms with van der Waals surface area (Å²) in [5.41, 5.74) is 2.37. The molecule has 0 bridgehead atoms. The van der Waals surface area contributed by atoms with E-state index in [0.717, 1.165) is 35.6 Å². The van der Waals surface area contributed by atoms with E-state index in [4.69, 9.17) is 0 Å². The van der Waals surface area contributed by atoms with Crippen molar-refractivity contribution in [2.75, 3.05) is 6.54 Å². The van der Waals surface area contributed by atoms with Crippen LogP contribution in [0.1, 0.15) is 23.6 Å². The number of benzene rings is 1. The summed E-state index contributed by atoms with van der Waals surface area (Å²) in [6.07, 6.45) is 0.843. The minimum atomic E-state index is -2.74. The Labute approximate surface area is 101 Å². The highest BCUT2D eigenvalue weighted by Gasteiger charge is 2.26. The largest absolute Gasteiger partial charge is 0.312 e. The molecule has 0 unspecified atom stereocenters. The van der Waals surface area contributed by atoms with Crippen LogP contribution < -0.4 is 5.32 Å². The zero-order valence-electron chi connectivity index (χ0n) is 8.41. The first-order valence-electron chi connectivity index (χ1n) is 4.89. The molecule has 0 radical (unpaired) electrons. The minimum absolute atomic E-state index is 0.132. The Hall–Kier alpha value is -0.230. The number of alkyl halides is 2. The van der Waals surface area contributed by atoms with Gasteiger partial charge in [-0.3, -0.25) is 0 Å². The van der Waals surface area contributed by atoms with Gasteiger partial charge in [-0.15, -0.1) is 0 Å². The van der Waals surface area contributed by atoms with Crippen LogP contribution >= 0.6 is 22.6 Å². The van der Waals surface area contributed by atoms with Crippen molar-refractivity contribution in [1.82, 2.24) is 5.32 Å². The molecule has 4 heteroatoms. The van der Waals surface area contributed by atoms with E-state index in [9.17, 15) is 8.78 Å². The molecule has 1 aromatic rings. The first-order valence-corrected chi connectivity index (χ1v) is 5.96. The number of nitrogens with one attached hydrogen (secondary N) is 1. The van der Waals surface area contributed by atoms with Crippen LogP contribution in [0.25, 0.3) is 0 Å². The van der Waals surface area contributed by atoms with Crippen molar-refractivity contribution >= 4 is 22.6 Å². The predicted octanol–water partition coefficient (Wildman–Crippen LogP) is 3.05. The van der Waals surface area contributed by atoms with E-state index in [-0.39, 0.29) is 5.56 Å². The second-order valence-electron chi connectivity index (χ2n) is 3.91. The average molecular weight is 323 g/mol. The Morgan fingerprint density at radius 2 is 2.13 bits per heavy atom.